The van der Waals surface area contributed by atoms with Gasteiger partial charge in [-0.05, 0) is 30.9 Å². The topological polar surface area (TPSA) is 26.0 Å². The lowest BCUT2D eigenvalue weighted by atomic mass is 9.73. The summed E-state index contributed by atoms with van der Waals surface area (Å²) in [5, 5.41) is 0. The van der Waals surface area contributed by atoms with E-state index in [4.69, 9.17) is 5.73 Å². The van der Waals surface area contributed by atoms with Crippen molar-refractivity contribution in [3.8, 4) is 0 Å². The van der Waals surface area contributed by atoms with Gasteiger partial charge in [-0.1, -0.05) is 34.1 Å². The highest BCUT2D eigenvalue weighted by Gasteiger charge is 2.35. The van der Waals surface area contributed by atoms with Crippen molar-refractivity contribution in [3.05, 3.63) is 34.3 Å². The highest BCUT2D eigenvalue weighted by atomic mass is 79.9. The second-order valence-electron chi connectivity index (χ2n) is 3.49. The van der Waals surface area contributed by atoms with Crippen LogP contribution in [0.4, 0.5) is 0 Å². The van der Waals surface area contributed by atoms with Crippen LogP contribution >= 0.6 is 15.9 Å². The number of benzene rings is 1. The Morgan fingerprint density at radius 2 is 1.92 bits per heavy atom. The van der Waals surface area contributed by atoms with Crippen LogP contribution in [0.1, 0.15) is 24.8 Å². The first-order valence-corrected chi connectivity index (χ1v) is 5.06. The smallest absolute Gasteiger partial charge is 0.0420 e. The van der Waals surface area contributed by atoms with Crippen LogP contribution in [-0.4, -0.2) is 0 Å². The molecule has 1 fully saturated rings. The molecular weight excluding hydrogens is 214 g/mol. The summed E-state index contributed by atoms with van der Waals surface area (Å²) < 4.78 is 1.15. The van der Waals surface area contributed by atoms with E-state index >= 15 is 0 Å². The third-order valence-corrected chi connectivity index (χ3v) is 3.35. The Morgan fingerprint density at radius 3 is 2.42 bits per heavy atom. The zero-order valence-corrected chi connectivity index (χ0v) is 8.47. The van der Waals surface area contributed by atoms with E-state index in [1.165, 1.54) is 12.0 Å². The van der Waals surface area contributed by atoms with Crippen LogP contribution in [0.25, 0.3) is 0 Å². The molecule has 0 unspecified atom stereocenters. The van der Waals surface area contributed by atoms with Crippen molar-refractivity contribution < 1.29 is 0 Å². The maximum atomic E-state index is 6.19. The number of hydrogen-bond acceptors (Lipinski definition) is 1. The Bertz CT molecular complexity index is 292. The van der Waals surface area contributed by atoms with Gasteiger partial charge in [0.15, 0.2) is 0 Å². The summed E-state index contributed by atoms with van der Waals surface area (Å²) in [5.41, 5.74) is 7.41. The number of halogens is 1. The minimum atomic E-state index is -0.0416. The maximum Gasteiger partial charge on any atom is 0.0420 e. The van der Waals surface area contributed by atoms with Crippen molar-refractivity contribution in [2.24, 2.45) is 5.73 Å². The second kappa shape index (κ2) is 2.86. The van der Waals surface area contributed by atoms with E-state index in [0.717, 1.165) is 17.3 Å². The molecule has 1 aromatic rings. The molecule has 12 heavy (non-hydrogen) atoms. The largest absolute Gasteiger partial charge is 0.321 e. The third-order valence-electron chi connectivity index (χ3n) is 2.66. The lowest BCUT2D eigenvalue weighted by Gasteiger charge is -2.39. The standard InChI is InChI=1S/C10H12BrN/c11-9-5-2-1-4-8(9)10(12)6-3-7-10/h1-2,4-5H,3,6-7,12H2. The second-order valence-corrected chi connectivity index (χ2v) is 4.34. The summed E-state index contributed by atoms with van der Waals surface area (Å²) in [6.45, 7) is 0. The van der Waals surface area contributed by atoms with E-state index in [0.29, 0.717) is 0 Å². The van der Waals surface area contributed by atoms with E-state index < -0.39 is 0 Å². The van der Waals surface area contributed by atoms with Gasteiger partial charge >= 0.3 is 0 Å². The van der Waals surface area contributed by atoms with Crippen molar-refractivity contribution in [2.75, 3.05) is 0 Å². The number of hydrogen-bond donors (Lipinski definition) is 1. The van der Waals surface area contributed by atoms with Gasteiger partial charge in [-0.2, -0.15) is 0 Å². The van der Waals surface area contributed by atoms with Gasteiger partial charge in [-0.3, -0.25) is 0 Å². The van der Waals surface area contributed by atoms with Crippen LogP contribution in [0.2, 0.25) is 0 Å². The first-order valence-electron chi connectivity index (χ1n) is 4.26. The van der Waals surface area contributed by atoms with Crippen molar-refractivity contribution in [3.63, 3.8) is 0 Å². The molecule has 64 valence electrons. The zero-order chi connectivity index (χ0) is 8.60. The van der Waals surface area contributed by atoms with Crippen molar-refractivity contribution in [1.82, 2.24) is 0 Å². The minimum absolute atomic E-state index is 0.0416. The fraction of sp³-hybridized carbons (Fsp3) is 0.400. The zero-order valence-electron chi connectivity index (χ0n) is 6.89. The lowest BCUT2D eigenvalue weighted by molar-refractivity contribution is 0.252. The van der Waals surface area contributed by atoms with Gasteiger partial charge in [0.1, 0.15) is 0 Å². The molecule has 2 N–H and O–H groups in total. The quantitative estimate of drug-likeness (QED) is 0.782. The Hall–Kier alpha value is -0.340. The molecule has 2 rings (SSSR count). The van der Waals surface area contributed by atoms with E-state index in [1.807, 2.05) is 12.1 Å². The molecule has 1 aromatic carbocycles. The maximum absolute atomic E-state index is 6.19. The van der Waals surface area contributed by atoms with Crippen LogP contribution in [0.5, 0.6) is 0 Å². The Labute approximate surface area is 81.1 Å². The Morgan fingerprint density at radius 1 is 1.25 bits per heavy atom. The normalized spacial score (nSPS) is 20.2. The molecule has 0 heterocycles. The predicted octanol–water partition coefficient (Wildman–Crippen LogP) is 2.79. The summed E-state index contributed by atoms with van der Waals surface area (Å²) in [6.07, 6.45) is 3.50. The van der Waals surface area contributed by atoms with Gasteiger partial charge in [-0.15, -0.1) is 0 Å². The molecular formula is C10H12BrN. The number of rotatable bonds is 1. The molecule has 1 saturated carbocycles. The molecule has 0 amide bonds. The number of nitrogens with two attached hydrogens (primary N) is 1. The van der Waals surface area contributed by atoms with Crippen molar-refractivity contribution in [2.45, 2.75) is 24.8 Å². The average Bonchev–Trinajstić information content (AvgIpc) is 2.01. The lowest BCUT2D eigenvalue weighted by Crippen LogP contribution is -2.43. The Kier molecular flexibility index (Phi) is 1.97. The first-order chi connectivity index (χ1) is 5.72. The monoisotopic (exact) mass is 225 g/mol. The van der Waals surface area contributed by atoms with Gasteiger partial charge in [0.2, 0.25) is 0 Å². The van der Waals surface area contributed by atoms with Crippen LogP contribution in [0.15, 0.2) is 28.7 Å². The van der Waals surface area contributed by atoms with Crippen LogP contribution < -0.4 is 5.73 Å². The van der Waals surface area contributed by atoms with Gasteiger partial charge in [-0.25, -0.2) is 0 Å². The highest BCUT2D eigenvalue weighted by molar-refractivity contribution is 9.10. The minimum Gasteiger partial charge on any atom is -0.321 e. The molecule has 1 aliphatic carbocycles. The van der Waals surface area contributed by atoms with Crippen LogP contribution in [0.3, 0.4) is 0 Å². The molecule has 0 saturated heterocycles. The van der Waals surface area contributed by atoms with Gasteiger partial charge in [0.25, 0.3) is 0 Å². The van der Waals surface area contributed by atoms with Gasteiger partial charge in [0, 0.05) is 10.0 Å². The van der Waals surface area contributed by atoms with E-state index in [1.54, 1.807) is 0 Å². The molecule has 0 aliphatic heterocycles. The molecule has 0 atom stereocenters. The molecule has 0 spiro atoms. The summed E-state index contributed by atoms with van der Waals surface area (Å²) >= 11 is 3.53. The SMILES string of the molecule is NC1(c2ccccc2Br)CCC1. The highest BCUT2D eigenvalue weighted by Crippen LogP contribution is 2.41. The van der Waals surface area contributed by atoms with Crippen molar-refractivity contribution >= 4 is 15.9 Å². The van der Waals surface area contributed by atoms with E-state index in [-0.39, 0.29) is 5.54 Å². The van der Waals surface area contributed by atoms with Crippen LogP contribution in [0, 0.1) is 0 Å². The summed E-state index contributed by atoms with van der Waals surface area (Å²) in [5.74, 6) is 0. The molecule has 0 bridgehead atoms. The predicted molar refractivity (Wildman–Crippen MR) is 53.9 cm³/mol. The molecule has 1 aliphatic rings. The third kappa shape index (κ3) is 1.19. The fourth-order valence-electron chi connectivity index (χ4n) is 1.69. The summed E-state index contributed by atoms with van der Waals surface area (Å²) in [6, 6.07) is 8.24. The molecule has 2 heteroatoms. The fourth-order valence-corrected chi connectivity index (χ4v) is 2.37. The van der Waals surface area contributed by atoms with E-state index in [9.17, 15) is 0 Å². The van der Waals surface area contributed by atoms with Gasteiger partial charge in [0.05, 0.1) is 0 Å². The summed E-state index contributed by atoms with van der Waals surface area (Å²) in [4.78, 5) is 0. The average molecular weight is 226 g/mol. The van der Waals surface area contributed by atoms with Crippen molar-refractivity contribution in [1.29, 1.82) is 0 Å². The molecule has 0 radical (unpaired) electrons. The summed E-state index contributed by atoms with van der Waals surface area (Å²) in [7, 11) is 0. The molecule has 0 aromatic heterocycles. The van der Waals surface area contributed by atoms with Crippen LogP contribution in [-0.2, 0) is 5.54 Å². The Balaban J connectivity index is 2.39. The first kappa shape index (κ1) is 8.27. The van der Waals surface area contributed by atoms with E-state index in [2.05, 4.69) is 28.1 Å². The van der Waals surface area contributed by atoms with Gasteiger partial charge < -0.3 is 5.73 Å². The molecule has 1 nitrogen and oxygen atoms in total.